The lowest BCUT2D eigenvalue weighted by Crippen LogP contribution is -2.24. The Labute approximate surface area is 181 Å². The highest BCUT2D eigenvalue weighted by Crippen LogP contribution is 2.29. The van der Waals surface area contributed by atoms with Crippen LogP contribution in [0.25, 0.3) is 27.7 Å². The van der Waals surface area contributed by atoms with Crippen LogP contribution in [0.1, 0.15) is 11.3 Å². The van der Waals surface area contributed by atoms with Gasteiger partial charge in [-0.1, -0.05) is 18.2 Å². The molecule has 0 aliphatic carbocycles. The highest BCUT2D eigenvalue weighted by molar-refractivity contribution is 5.87. The van der Waals surface area contributed by atoms with Gasteiger partial charge in [-0.05, 0) is 60.0 Å². The first-order valence-corrected chi connectivity index (χ1v) is 9.84. The second-order valence-electron chi connectivity index (χ2n) is 7.46. The Morgan fingerprint density at radius 3 is 2.53 bits per heavy atom. The second-order valence-corrected chi connectivity index (χ2v) is 7.46. The number of aryl methyl sites for hydroxylation is 1. The van der Waals surface area contributed by atoms with E-state index in [0.29, 0.717) is 0 Å². The summed E-state index contributed by atoms with van der Waals surface area (Å²) in [6, 6.07) is 17.7. The van der Waals surface area contributed by atoms with Crippen molar-refractivity contribution >= 4 is 23.3 Å². The van der Waals surface area contributed by atoms with E-state index in [1.165, 1.54) is 22.2 Å². The first-order valence-electron chi connectivity index (χ1n) is 9.84. The molecule has 5 rings (SSSR count). The molecule has 0 saturated heterocycles. The average molecular weight is 422 g/mol. The lowest BCUT2D eigenvalue weighted by atomic mass is 10.0. The number of aromatic nitrogens is 2. The Kier molecular flexibility index (Phi) is 5.41. The molecule has 0 amide bonds. The van der Waals surface area contributed by atoms with Crippen LogP contribution in [0.2, 0.25) is 0 Å². The Morgan fingerprint density at radius 2 is 1.80 bits per heavy atom. The van der Waals surface area contributed by atoms with E-state index in [1.807, 2.05) is 42.6 Å². The van der Waals surface area contributed by atoms with Crippen LogP contribution in [0.5, 0.6) is 5.75 Å². The van der Waals surface area contributed by atoms with E-state index in [9.17, 15) is 4.79 Å². The molecule has 1 aliphatic rings. The number of hydrogen-bond donors (Lipinski definition) is 1. The minimum Gasteiger partial charge on any atom is -0.497 e. The van der Waals surface area contributed by atoms with Crippen molar-refractivity contribution in [2.24, 2.45) is 7.05 Å². The van der Waals surface area contributed by atoms with Gasteiger partial charge in [-0.25, -0.2) is 0 Å². The molecule has 2 aromatic heterocycles. The number of pyridine rings is 1. The molecule has 6 heteroatoms. The Morgan fingerprint density at radius 1 is 1.00 bits per heavy atom. The molecular weight excluding hydrogens is 398 g/mol. The molecule has 154 valence electrons. The number of methoxy groups -OCH3 is 1. The van der Waals surface area contributed by atoms with Gasteiger partial charge in [-0.2, -0.15) is 0 Å². The van der Waals surface area contributed by atoms with E-state index in [0.717, 1.165) is 42.1 Å². The number of benzene rings is 2. The summed E-state index contributed by atoms with van der Waals surface area (Å²) in [5.41, 5.74) is 6.67. The Hall–Kier alpha value is -3.02. The molecule has 0 unspecified atom stereocenters. The van der Waals surface area contributed by atoms with Crippen molar-refractivity contribution in [1.29, 1.82) is 0 Å². The predicted molar refractivity (Wildman–Crippen MR) is 123 cm³/mol. The number of hydrogen-bond acceptors (Lipinski definition) is 3. The molecule has 0 atom stereocenters. The second kappa shape index (κ2) is 8.01. The lowest BCUT2D eigenvalue weighted by molar-refractivity contribution is 0.415. The summed E-state index contributed by atoms with van der Waals surface area (Å²) in [6.07, 6.45) is 2.90. The van der Waals surface area contributed by atoms with Crippen LogP contribution in [-0.2, 0) is 20.0 Å². The van der Waals surface area contributed by atoms with Crippen LogP contribution < -0.4 is 15.6 Å². The third-order valence-corrected chi connectivity index (χ3v) is 5.89. The van der Waals surface area contributed by atoms with Gasteiger partial charge in [0.05, 0.1) is 18.3 Å². The number of nitrogens with one attached hydrogen (secondary N) is 1. The maximum Gasteiger partial charge on any atom is 0.255 e. The summed E-state index contributed by atoms with van der Waals surface area (Å²) < 4.78 is 9.16. The quantitative estimate of drug-likeness (QED) is 0.542. The van der Waals surface area contributed by atoms with Crippen molar-refractivity contribution in [2.75, 3.05) is 13.7 Å². The zero-order valence-corrected chi connectivity index (χ0v) is 17.8. The van der Waals surface area contributed by atoms with Gasteiger partial charge in [0, 0.05) is 36.9 Å². The van der Waals surface area contributed by atoms with Gasteiger partial charge in [0.2, 0.25) is 0 Å². The summed E-state index contributed by atoms with van der Waals surface area (Å²) in [6.45, 7) is 1.91. The summed E-state index contributed by atoms with van der Waals surface area (Å²) in [4.78, 5) is 12.9. The lowest BCUT2D eigenvalue weighted by Gasteiger charge is -2.14. The van der Waals surface area contributed by atoms with Gasteiger partial charge in [0.25, 0.3) is 5.56 Å². The predicted octanol–water partition coefficient (Wildman–Crippen LogP) is 4.07. The van der Waals surface area contributed by atoms with Gasteiger partial charge in [-0.15, -0.1) is 12.4 Å². The molecule has 5 nitrogen and oxygen atoms in total. The van der Waals surface area contributed by atoms with E-state index in [2.05, 4.69) is 29.1 Å². The van der Waals surface area contributed by atoms with Crippen molar-refractivity contribution in [3.05, 3.63) is 82.4 Å². The molecule has 0 saturated carbocycles. The van der Waals surface area contributed by atoms with Gasteiger partial charge >= 0.3 is 0 Å². The van der Waals surface area contributed by atoms with Crippen LogP contribution in [-0.4, -0.2) is 22.8 Å². The van der Waals surface area contributed by atoms with Gasteiger partial charge in [0.1, 0.15) is 5.75 Å². The van der Waals surface area contributed by atoms with Crippen LogP contribution in [0, 0.1) is 0 Å². The molecule has 1 aliphatic heterocycles. The van der Waals surface area contributed by atoms with E-state index >= 15 is 0 Å². The minimum absolute atomic E-state index is 0. The third-order valence-electron chi connectivity index (χ3n) is 5.89. The first-order chi connectivity index (χ1) is 14.2. The van der Waals surface area contributed by atoms with Crippen molar-refractivity contribution in [1.82, 2.24) is 14.5 Å². The molecule has 2 aromatic carbocycles. The molecule has 3 heterocycles. The van der Waals surface area contributed by atoms with E-state index in [-0.39, 0.29) is 18.0 Å². The zero-order chi connectivity index (χ0) is 20.0. The van der Waals surface area contributed by atoms with Gasteiger partial charge in [-0.3, -0.25) is 9.36 Å². The number of ether oxygens (including phenoxy) is 1. The van der Waals surface area contributed by atoms with E-state index in [4.69, 9.17) is 4.74 Å². The highest BCUT2D eigenvalue weighted by Gasteiger charge is 2.18. The molecular formula is C24H24ClN3O2. The van der Waals surface area contributed by atoms with Gasteiger partial charge in [0.15, 0.2) is 0 Å². The highest BCUT2D eigenvalue weighted by atomic mass is 35.5. The standard InChI is InChI=1S/C24H23N3O2.ClH/c1-26-22-14-18(5-8-20(22)21-9-11-25-15-23(21)26)27-12-10-17(13-24(27)28)16-3-6-19(29-2)7-4-16;/h3-8,10,12-14,25H,9,11,15H2,1-2H3;1H. The molecule has 4 aromatic rings. The monoisotopic (exact) mass is 421 g/mol. The number of nitrogens with zero attached hydrogens (tertiary/aromatic N) is 2. The maximum absolute atomic E-state index is 12.9. The minimum atomic E-state index is -0.0432. The van der Waals surface area contributed by atoms with Crippen molar-refractivity contribution < 1.29 is 4.74 Å². The zero-order valence-electron chi connectivity index (χ0n) is 17.0. The first kappa shape index (κ1) is 20.3. The SMILES string of the molecule is COc1ccc(-c2ccn(-c3ccc4c5c(n(C)c4c3)CNCC5)c(=O)c2)cc1.Cl. The number of halogens is 1. The van der Waals surface area contributed by atoms with Crippen LogP contribution in [0.15, 0.2) is 65.6 Å². The molecule has 0 radical (unpaired) electrons. The van der Waals surface area contributed by atoms with E-state index < -0.39 is 0 Å². The summed E-state index contributed by atoms with van der Waals surface area (Å²) in [7, 11) is 3.75. The average Bonchev–Trinajstić information content (AvgIpc) is 3.06. The third kappa shape index (κ3) is 3.30. The van der Waals surface area contributed by atoms with Crippen molar-refractivity contribution in [2.45, 2.75) is 13.0 Å². The van der Waals surface area contributed by atoms with Crippen LogP contribution >= 0.6 is 12.4 Å². The summed E-state index contributed by atoms with van der Waals surface area (Å²) in [5.74, 6) is 0.802. The Bertz CT molecular complexity index is 1270. The largest absolute Gasteiger partial charge is 0.497 e. The van der Waals surface area contributed by atoms with E-state index in [1.54, 1.807) is 17.7 Å². The van der Waals surface area contributed by atoms with Crippen molar-refractivity contribution in [3.63, 3.8) is 0 Å². The van der Waals surface area contributed by atoms with Gasteiger partial charge < -0.3 is 14.6 Å². The maximum atomic E-state index is 12.9. The summed E-state index contributed by atoms with van der Waals surface area (Å²) >= 11 is 0. The fourth-order valence-electron chi connectivity index (χ4n) is 4.29. The number of fused-ring (bicyclic) bond motifs is 3. The smallest absolute Gasteiger partial charge is 0.255 e. The molecule has 0 spiro atoms. The van der Waals surface area contributed by atoms with Crippen LogP contribution in [0.3, 0.4) is 0 Å². The molecule has 30 heavy (non-hydrogen) atoms. The Balaban J connectivity index is 0.00000218. The molecule has 1 N–H and O–H groups in total. The van der Waals surface area contributed by atoms with Crippen molar-refractivity contribution in [3.8, 4) is 22.6 Å². The molecule has 0 bridgehead atoms. The topological polar surface area (TPSA) is 48.2 Å². The number of rotatable bonds is 3. The normalized spacial score (nSPS) is 13.0. The molecule has 0 fully saturated rings. The fourth-order valence-corrected chi connectivity index (χ4v) is 4.29. The summed E-state index contributed by atoms with van der Waals surface area (Å²) in [5, 5.41) is 4.73. The fraction of sp³-hybridized carbons (Fsp3) is 0.208. The van der Waals surface area contributed by atoms with Crippen LogP contribution in [0.4, 0.5) is 0 Å².